The number of pyridine rings is 2. The third kappa shape index (κ3) is 6.38. The Kier molecular flexibility index (Phi) is 8.83. The Balaban J connectivity index is 1.98. The molecule has 0 saturated carbocycles. The van der Waals surface area contributed by atoms with Gasteiger partial charge in [-0.3, -0.25) is 14.0 Å². The topological polar surface area (TPSA) is 104 Å². The van der Waals surface area contributed by atoms with E-state index in [1.165, 1.54) is 16.5 Å². The summed E-state index contributed by atoms with van der Waals surface area (Å²) < 4.78 is 14.1. The minimum absolute atomic E-state index is 0.0158. The van der Waals surface area contributed by atoms with Gasteiger partial charge in [0.2, 0.25) is 0 Å². The zero-order valence-corrected chi connectivity index (χ0v) is 22.6. The van der Waals surface area contributed by atoms with Crippen LogP contribution in [0.1, 0.15) is 48.7 Å². The number of ether oxygens (including phenoxy) is 2. The van der Waals surface area contributed by atoms with E-state index in [0.717, 1.165) is 11.1 Å². The third-order valence-electron chi connectivity index (χ3n) is 6.01. The molecule has 39 heavy (non-hydrogen) atoms. The SMILES string of the molecule is CCOC(=O)c1cc2c(=O)n3cccc(C)c3nc2n(CCCOC(C)C)c1=NC(=O)/C=C/c1ccccc1. The summed E-state index contributed by atoms with van der Waals surface area (Å²) in [5.74, 6) is -1.25. The smallest absolute Gasteiger partial charge is 0.341 e. The maximum absolute atomic E-state index is 13.6. The van der Waals surface area contributed by atoms with Crippen molar-refractivity contribution in [3.63, 3.8) is 0 Å². The zero-order chi connectivity index (χ0) is 27.9. The molecule has 1 amide bonds. The Morgan fingerprint density at radius 3 is 2.59 bits per heavy atom. The minimum atomic E-state index is -0.682. The molecule has 0 bridgehead atoms. The maximum atomic E-state index is 13.6. The van der Waals surface area contributed by atoms with Gasteiger partial charge >= 0.3 is 5.97 Å². The van der Waals surface area contributed by atoms with Gasteiger partial charge < -0.3 is 14.0 Å². The Morgan fingerprint density at radius 2 is 1.87 bits per heavy atom. The number of hydrogen-bond acceptors (Lipinski definition) is 6. The fraction of sp³-hybridized carbons (Fsp3) is 0.300. The molecule has 0 radical (unpaired) electrons. The summed E-state index contributed by atoms with van der Waals surface area (Å²) in [6, 6.07) is 14.4. The molecular formula is C30H32N4O5. The molecule has 4 aromatic rings. The van der Waals surface area contributed by atoms with Crippen molar-refractivity contribution in [2.24, 2.45) is 4.99 Å². The summed E-state index contributed by atoms with van der Waals surface area (Å²) >= 11 is 0. The summed E-state index contributed by atoms with van der Waals surface area (Å²) in [4.78, 5) is 48.8. The van der Waals surface area contributed by atoms with Crippen LogP contribution in [0, 0.1) is 6.92 Å². The number of rotatable bonds is 9. The monoisotopic (exact) mass is 528 g/mol. The maximum Gasteiger partial charge on any atom is 0.341 e. The van der Waals surface area contributed by atoms with Crippen molar-refractivity contribution in [3.8, 4) is 0 Å². The lowest BCUT2D eigenvalue weighted by atomic mass is 10.2. The van der Waals surface area contributed by atoms with Gasteiger partial charge in [0, 0.05) is 25.4 Å². The molecule has 0 fully saturated rings. The fourth-order valence-corrected chi connectivity index (χ4v) is 4.19. The first kappa shape index (κ1) is 27.7. The second-order valence-electron chi connectivity index (χ2n) is 9.26. The van der Waals surface area contributed by atoms with E-state index in [2.05, 4.69) is 4.99 Å². The molecule has 0 aliphatic rings. The van der Waals surface area contributed by atoms with E-state index < -0.39 is 11.9 Å². The quantitative estimate of drug-likeness (QED) is 0.140. The number of aryl methyl sites for hydroxylation is 2. The molecule has 0 aliphatic heterocycles. The first-order valence-electron chi connectivity index (χ1n) is 13.0. The number of aromatic nitrogens is 3. The van der Waals surface area contributed by atoms with Crippen LogP contribution in [-0.4, -0.2) is 45.1 Å². The van der Waals surface area contributed by atoms with Crippen LogP contribution in [0.25, 0.3) is 22.8 Å². The Labute approximate surface area is 226 Å². The number of carbonyl (C=O) groups is 2. The molecule has 202 valence electrons. The molecule has 0 saturated heterocycles. The molecule has 0 aliphatic carbocycles. The van der Waals surface area contributed by atoms with Crippen LogP contribution in [0.5, 0.6) is 0 Å². The molecule has 3 heterocycles. The molecule has 3 aromatic heterocycles. The summed E-state index contributed by atoms with van der Waals surface area (Å²) in [5, 5.41) is 0.220. The number of hydrogen-bond donors (Lipinski definition) is 0. The predicted octanol–water partition coefficient (Wildman–Crippen LogP) is 4.09. The number of benzene rings is 1. The van der Waals surface area contributed by atoms with Crippen LogP contribution >= 0.6 is 0 Å². The first-order valence-corrected chi connectivity index (χ1v) is 13.0. The van der Waals surface area contributed by atoms with Gasteiger partial charge in [0.15, 0.2) is 5.49 Å². The van der Waals surface area contributed by atoms with Gasteiger partial charge in [-0.1, -0.05) is 36.4 Å². The average molecular weight is 529 g/mol. The number of carbonyl (C=O) groups excluding carboxylic acids is 2. The van der Waals surface area contributed by atoms with Gasteiger partial charge in [-0.15, -0.1) is 0 Å². The van der Waals surface area contributed by atoms with E-state index in [1.807, 2.05) is 57.2 Å². The zero-order valence-electron chi connectivity index (χ0n) is 22.6. The largest absolute Gasteiger partial charge is 0.462 e. The van der Waals surface area contributed by atoms with Crippen LogP contribution < -0.4 is 11.0 Å². The standard InChI is InChI=1S/C30H32N4O5/c1-5-38-30(37)24-19-23-27(32-26-21(4)11-9-16-34(26)29(23)36)33(17-10-18-39-20(2)3)28(24)31-25(35)15-14-22-12-7-6-8-13-22/h6-9,11-16,19-20H,5,10,17-18H2,1-4H3/b15-14+,31-28?. The Morgan fingerprint density at radius 1 is 1.10 bits per heavy atom. The highest BCUT2D eigenvalue weighted by Gasteiger charge is 2.20. The van der Waals surface area contributed by atoms with Gasteiger partial charge in [-0.05, 0) is 63.5 Å². The summed E-state index contributed by atoms with van der Waals surface area (Å²) in [5.41, 5.74) is 2.21. The van der Waals surface area contributed by atoms with Crippen LogP contribution in [0.4, 0.5) is 0 Å². The second-order valence-corrected chi connectivity index (χ2v) is 9.26. The van der Waals surface area contributed by atoms with Gasteiger partial charge in [0.05, 0.1) is 18.1 Å². The van der Waals surface area contributed by atoms with E-state index >= 15 is 0 Å². The number of fused-ring (bicyclic) bond motifs is 2. The van der Waals surface area contributed by atoms with Crippen molar-refractivity contribution in [3.05, 3.63) is 93.3 Å². The highest BCUT2D eigenvalue weighted by molar-refractivity contribution is 5.96. The third-order valence-corrected chi connectivity index (χ3v) is 6.01. The molecule has 9 nitrogen and oxygen atoms in total. The van der Waals surface area contributed by atoms with Gasteiger partial charge in [0.25, 0.3) is 11.5 Å². The van der Waals surface area contributed by atoms with Crippen molar-refractivity contribution >= 4 is 34.6 Å². The summed E-state index contributed by atoms with van der Waals surface area (Å²) in [7, 11) is 0. The molecule has 0 N–H and O–H groups in total. The van der Waals surface area contributed by atoms with Crippen molar-refractivity contribution < 1.29 is 19.1 Å². The van der Waals surface area contributed by atoms with Crippen LogP contribution in [0.2, 0.25) is 0 Å². The van der Waals surface area contributed by atoms with E-state index in [1.54, 1.807) is 29.8 Å². The van der Waals surface area contributed by atoms with Crippen LogP contribution in [0.15, 0.2) is 70.6 Å². The van der Waals surface area contributed by atoms with E-state index in [0.29, 0.717) is 30.9 Å². The number of nitrogens with zero attached hydrogens (tertiary/aromatic N) is 4. The van der Waals surface area contributed by atoms with E-state index in [-0.39, 0.29) is 34.7 Å². The Bertz CT molecular complexity index is 1670. The minimum Gasteiger partial charge on any atom is -0.462 e. The van der Waals surface area contributed by atoms with Crippen LogP contribution in [0.3, 0.4) is 0 Å². The fourth-order valence-electron chi connectivity index (χ4n) is 4.19. The number of esters is 1. The predicted molar refractivity (Wildman–Crippen MR) is 149 cm³/mol. The van der Waals surface area contributed by atoms with Gasteiger partial charge in [-0.25, -0.2) is 9.78 Å². The molecule has 4 rings (SSSR count). The highest BCUT2D eigenvalue weighted by atomic mass is 16.5. The number of amides is 1. The van der Waals surface area contributed by atoms with Crippen molar-refractivity contribution in [2.45, 2.75) is 46.8 Å². The lowest BCUT2D eigenvalue weighted by Gasteiger charge is -2.16. The van der Waals surface area contributed by atoms with Gasteiger partial charge in [-0.2, -0.15) is 4.99 Å². The van der Waals surface area contributed by atoms with Crippen molar-refractivity contribution in [1.82, 2.24) is 14.0 Å². The molecule has 0 unspecified atom stereocenters. The normalized spacial score (nSPS) is 12.2. The van der Waals surface area contributed by atoms with Gasteiger partial charge in [0.1, 0.15) is 16.9 Å². The highest BCUT2D eigenvalue weighted by Crippen LogP contribution is 2.14. The second kappa shape index (κ2) is 12.4. The van der Waals surface area contributed by atoms with Crippen molar-refractivity contribution in [2.75, 3.05) is 13.2 Å². The van der Waals surface area contributed by atoms with E-state index in [9.17, 15) is 14.4 Å². The van der Waals surface area contributed by atoms with Crippen molar-refractivity contribution in [1.29, 1.82) is 0 Å². The summed E-state index contributed by atoms with van der Waals surface area (Å²) in [6.07, 6.45) is 5.21. The molecule has 0 atom stereocenters. The molecule has 9 heteroatoms. The lowest BCUT2D eigenvalue weighted by Crippen LogP contribution is -2.33. The lowest BCUT2D eigenvalue weighted by molar-refractivity contribution is -0.113. The molecular weight excluding hydrogens is 496 g/mol. The first-order chi connectivity index (χ1) is 18.8. The average Bonchev–Trinajstić information content (AvgIpc) is 2.92. The van der Waals surface area contributed by atoms with E-state index in [4.69, 9.17) is 14.5 Å². The van der Waals surface area contributed by atoms with Crippen LogP contribution in [-0.2, 0) is 20.8 Å². The Hall–Kier alpha value is -4.37. The summed E-state index contributed by atoms with van der Waals surface area (Å²) in [6.45, 7) is 8.30. The molecule has 1 aromatic carbocycles. The molecule has 0 spiro atoms.